The molecule has 1 aromatic heterocycles. The highest BCUT2D eigenvalue weighted by Gasteiger charge is 2.54. The number of alkyl halides is 1. The molecule has 16 heteroatoms. The smallest absolute Gasteiger partial charge is 0.459 e. The first-order valence-corrected chi connectivity index (χ1v) is 13.1. The largest absolute Gasteiger partial charge is 0.465 e. The lowest BCUT2D eigenvalue weighted by Gasteiger charge is -2.30. The van der Waals surface area contributed by atoms with Crippen LogP contribution in [-0.2, 0) is 23.4 Å². The molecule has 37 heavy (non-hydrogen) atoms. The topological polar surface area (TPSA) is 158 Å². The van der Waals surface area contributed by atoms with Crippen LogP contribution in [0.15, 0.2) is 46.1 Å². The average molecular weight is 562 g/mol. The van der Waals surface area contributed by atoms with E-state index in [1.54, 1.807) is 6.92 Å². The highest BCUT2D eigenvalue weighted by molar-refractivity contribution is 7.52. The van der Waals surface area contributed by atoms with Crippen molar-refractivity contribution in [2.24, 2.45) is 0 Å². The molecule has 0 radical (unpaired) electrons. The molecule has 202 valence electrons. The van der Waals surface area contributed by atoms with Crippen LogP contribution in [0.2, 0.25) is 0 Å². The highest BCUT2D eigenvalue weighted by Crippen LogP contribution is 2.48. The molecule has 1 aliphatic rings. The summed E-state index contributed by atoms with van der Waals surface area (Å²) in [5, 5.41) is 13.3. The predicted molar refractivity (Wildman–Crippen MR) is 133 cm³/mol. The summed E-state index contributed by atoms with van der Waals surface area (Å²) in [6.45, 7) is 3.89. The Morgan fingerprint density at radius 3 is 2.59 bits per heavy atom. The van der Waals surface area contributed by atoms with Crippen molar-refractivity contribution in [2.45, 2.75) is 49.5 Å². The number of carbonyl (C=O) groups is 1. The molecule has 0 saturated carbocycles. The molecule has 0 bridgehead atoms. The Morgan fingerprint density at radius 1 is 1.35 bits per heavy atom. The van der Waals surface area contributed by atoms with Gasteiger partial charge >= 0.3 is 19.4 Å². The second-order valence-corrected chi connectivity index (χ2v) is 11.4. The Bertz CT molecular complexity index is 1290. The number of aliphatic hydroxyl groups is 1. The molecule has 0 aliphatic carbocycles. The first-order valence-electron chi connectivity index (χ1n) is 11.2. The van der Waals surface area contributed by atoms with Crippen LogP contribution >= 0.6 is 19.3 Å². The summed E-state index contributed by atoms with van der Waals surface area (Å²) < 4.78 is 48.3. The van der Waals surface area contributed by atoms with E-state index in [2.05, 4.69) is 10.1 Å². The maximum atomic E-state index is 13.7. The van der Waals surface area contributed by atoms with E-state index in [-0.39, 0.29) is 12.4 Å². The Balaban J connectivity index is 1.85. The SMILES string of the molecule is B[C@]1(Cl)[C@H](O)[C@@H](CO[P@@](=O)(NC(C)(C)C(=O)OCC)Oc2ccc(F)cc2)O[C@H]1n1ccc(=O)[nH]c1=O. The summed E-state index contributed by atoms with van der Waals surface area (Å²) >= 11 is 6.51. The molecule has 0 spiro atoms. The number of nitrogens with one attached hydrogen (secondary N) is 2. The molecule has 0 amide bonds. The van der Waals surface area contributed by atoms with E-state index in [0.29, 0.717) is 0 Å². The van der Waals surface area contributed by atoms with Crippen LogP contribution in [0, 0.1) is 5.82 Å². The van der Waals surface area contributed by atoms with E-state index >= 15 is 0 Å². The van der Waals surface area contributed by atoms with E-state index in [0.717, 1.165) is 29.0 Å². The number of aliphatic hydroxyl groups excluding tert-OH is 1. The number of aromatic amines is 1. The lowest BCUT2D eigenvalue weighted by molar-refractivity contribution is -0.149. The minimum atomic E-state index is -4.41. The maximum absolute atomic E-state index is 13.7. The van der Waals surface area contributed by atoms with Crippen molar-refractivity contribution in [1.29, 1.82) is 0 Å². The van der Waals surface area contributed by atoms with Crippen LogP contribution in [-0.4, -0.2) is 64.2 Å². The first kappa shape index (κ1) is 29.1. The normalized spacial score (nSPS) is 25.4. The van der Waals surface area contributed by atoms with E-state index in [9.17, 15) is 28.4 Å². The average Bonchev–Trinajstić information content (AvgIpc) is 3.02. The lowest BCUT2D eigenvalue weighted by atomic mass is 9.79. The van der Waals surface area contributed by atoms with Crippen LogP contribution in [0.1, 0.15) is 27.0 Å². The molecule has 3 rings (SSSR count). The van der Waals surface area contributed by atoms with Gasteiger partial charge in [-0.15, -0.1) is 11.6 Å². The summed E-state index contributed by atoms with van der Waals surface area (Å²) in [5.41, 5.74) is -3.00. The Kier molecular flexibility index (Phi) is 8.73. The summed E-state index contributed by atoms with van der Waals surface area (Å²) in [7, 11) is -2.99. The number of ether oxygens (including phenoxy) is 2. The van der Waals surface area contributed by atoms with Gasteiger partial charge in [0.2, 0.25) is 0 Å². The number of benzene rings is 1. The molecular weight excluding hydrogens is 534 g/mol. The van der Waals surface area contributed by atoms with Gasteiger partial charge in [-0.3, -0.25) is 23.7 Å². The Hall–Kier alpha value is -2.48. The van der Waals surface area contributed by atoms with Gasteiger partial charge in [-0.1, -0.05) is 0 Å². The van der Waals surface area contributed by atoms with Crippen molar-refractivity contribution in [3.05, 3.63) is 63.2 Å². The third kappa shape index (κ3) is 6.70. The molecular formula is C21H27BClFN3O9P. The van der Waals surface area contributed by atoms with Gasteiger partial charge in [0, 0.05) is 12.3 Å². The van der Waals surface area contributed by atoms with Gasteiger partial charge in [-0.25, -0.2) is 13.8 Å². The number of carbonyl (C=O) groups excluding carboxylic acids is 1. The fourth-order valence-corrected chi connectivity index (χ4v) is 5.53. The zero-order valence-corrected chi connectivity index (χ0v) is 22.1. The molecule has 3 N–H and O–H groups in total. The molecule has 5 atom stereocenters. The molecule has 2 heterocycles. The maximum Gasteiger partial charge on any atom is 0.459 e. The summed E-state index contributed by atoms with van der Waals surface area (Å²) in [4.78, 5) is 38.1. The van der Waals surface area contributed by atoms with Crippen molar-refractivity contribution in [2.75, 3.05) is 13.2 Å². The van der Waals surface area contributed by atoms with Crippen LogP contribution in [0.5, 0.6) is 5.75 Å². The van der Waals surface area contributed by atoms with Gasteiger partial charge in [0.25, 0.3) is 5.56 Å². The molecule has 1 fully saturated rings. The quantitative estimate of drug-likeness (QED) is 0.163. The number of esters is 1. The number of halogens is 2. The van der Waals surface area contributed by atoms with Gasteiger partial charge in [0.05, 0.1) is 24.1 Å². The van der Waals surface area contributed by atoms with E-state index in [1.165, 1.54) is 33.8 Å². The summed E-state index contributed by atoms with van der Waals surface area (Å²) in [6.07, 6.45) is -2.73. The van der Waals surface area contributed by atoms with Crippen LogP contribution < -0.4 is 20.9 Å². The number of H-pyrrole nitrogens is 1. The second-order valence-electron chi connectivity index (χ2n) is 8.94. The molecule has 0 unspecified atom stereocenters. The third-order valence-electron chi connectivity index (χ3n) is 5.47. The van der Waals surface area contributed by atoms with Gasteiger partial charge in [-0.05, 0) is 45.0 Å². The number of hydrogen-bond donors (Lipinski definition) is 3. The van der Waals surface area contributed by atoms with Crippen LogP contribution in [0.4, 0.5) is 4.39 Å². The first-order chi connectivity index (χ1) is 17.2. The third-order valence-corrected chi connectivity index (χ3v) is 7.65. The van der Waals surface area contributed by atoms with Crippen molar-refractivity contribution in [1.82, 2.24) is 14.6 Å². The Labute approximate surface area is 217 Å². The minimum absolute atomic E-state index is 0.0374. The fourth-order valence-electron chi connectivity index (χ4n) is 3.55. The second kappa shape index (κ2) is 11.1. The molecule has 1 aliphatic heterocycles. The van der Waals surface area contributed by atoms with E-state index in [1.807, 2.05) is 0 Å². The Morgan fingerprint density at radius 2 is 2.00 bits per heavy atom. The van der Waals surface area contributed by atoms with Gasteiger partial charge in [0.15, 0.2) is 6.23 Å². The standard InChI is InChI=1S/C21H27BClFN3O9P/c1-4-33-18(30)20(2,3)26-37(32,36-13-7-5-12(24)6-8-13)34-11-14-16(29)21(22,23)17(35-14)27-10-9-15(28)25-19(27)31/h5-10,14,16-17,29H,4,11,22H2,1-3H3,(H,26,32)(H,25,28,31)/t14-,16-,17-,21+,37+/m1/s1. The van der Waals surface area contributed by atoms with Gasteiger partial charge < -0.3 is 19.1 Å². The minimum Gasteiger partial charge on any atom is -0.465 e. The number of rotatable bonds is 10. The molecule has 12 nitrogen and oxygen atoms in total. The zero-order valence-electron chi connectivity index (χ0n) is 20.5. The number of hydrogen-bond acceptors (Lipinski definition) is 9. The lowest BCUT2D eigenvalue weighted by Crippen LogP contribution is -2.47. The van der Waals surface area contributed by atoms with Crippen LogP contribution in [0.3, 0.4) is 0 Å². The summed E-state index contributed by atoms with van der Waals surface area (Å²) in [6, 6.07) is 5.65. The van der Waals surface area contributed by atoms with Crippen molar-refractivity contribution >= 4 is 33.2 Å². The highest BCUT2D eigenvalue weighted by atomic mass is 35.5. The fraction of sp³-hybridized carbons (Fsp3) is 0.476. The van der Waals surface area contributed by atoms with Gasteiger partial charge in [0.1, 0.15) is 31.1 Å². The monoisotopic (exact) mass is 561 g/mol. The number of aromatic nitrogens is 2. The predicted octanol–water partition coefficient (Wildman–Crippen LogP) is 0.637. The van der Waals surface area contributed by atoms with E-state index in [4.69, 9.17) is 30.1 Å². The van der Waals surface area contributed by atoms with Crippen molar-refractivity contribution in [3.63, 3.8) is 0 Å². The van der Waals surface area contributed by atoms with Crippen molar-refractivity contribution < 1.29 is 37.4 Å². The van der Waals surface area contributed by atoms with Gasteiger partial charge in [-0.2, -0.15) is 5.09 Å². The van der Waals surface area contributed by atoms with E-state index < -0.39 is 66.1 Å². The number of nitrogens with zero attached hydrogens (tertiary/aromatic N) is 1. The molecule has 1 aromatic carbocycles. The molecule has 2 aromatic rings. The van der Waals surface area contributed by atoms with Crippen molar-refractivity contribution in [3.8, 4) is 5.75 Å². The van der Waals surface area contributed by atoms with Crippen LogP contribution in [0.25, 0.3) is 0 Å². The summed E-state index contributed by atoms with van der Waals surface area (Å²) in [5.74, 6) is -1.34. The molecule has 1 saturated heterocycles. The zero-order chi connectivity index (χ0) is 27.6.